The molecule has 0 aliphatic carbocycles. The minimum absolute atomic E-state index is 0.235. The van der Waals surface area contributed by atoms with Gasteiger partial charge in [0.1, 0.15) is 18.4 Å². The summed E-state index contributed by atoms with van der Waals surface area (Å²) in [5, 5.41) is 12.0. The molecule has 17 heavy (non-hydrogen) atoms. The summed E-state index contributed by atoms with van der Waals surface area (Å²) in [4.78, 5) is 0. The summed E-state index contributed by atoms with van der Waals surface area (Å²) in [5.41, 5.74) is 1.29. The van der Waals surface area contributed by atoms with E-state index in [0.717, 1.165) is 25.1 Å². The number of nitriles is 1. The quantitative estimate of drug-likeness (QED) is 0.785. The lowest BCUT2D eigenvalue weighted by atomic mass is 10.2. The van der Waals surface area contributed by atoms with E-state index in [2.05, 4.69) is 37.4 Å². The molecule has 0 amide bonds. The minimum Gasteiger partial charge on any atom is -0.491 e. The van der Waals surface area contributed by atoms with Gasteiger partial charge in [-0.1, -0.05) is 26.0 Å². The summed E-state index contributed by atoms with van der Waals surface area (Å²) in [5.74, 6) is 0.820. The molecular weight excluding hydrogens is 212 g/mol. The highest BCUT2D eigenvalue weighted by Crippen LogP contribution is 2.12. The molecule has 1 atom stereocenters. The first-order valence-corrected chi connectivity index (χ1v) is 6.14. The third-order valence-electron chi connectivity index (χ3n) is 2.54. The van der Waals surface area contributed by atoms with Crippen molar-refractivity contribution in [2.24, 2.45) is 0 Å². The van der Waals surface area contributed by atoms with Crippen molar-refractivity contribution in [1.82, 2.24) is 5.32 Å². The van der Waals surface area contributed by atoms with Gasteiger partial charge in [-0.2, -0.15) is 5.26 Å². The van der Waals surface area contributed by atoms with Crippen LogP contribution in [-0.4, -0.2) is 19.2 Å². The molecule has 0 heterocycles. The van der Waals surface area contributed by atoms with Crippen molar-refractivity contribution in [3.05, 3.63) is 29.8 Å². The fourth-order valence-corrected chi connectivity index (χ4v) is 1.46. The summed E-state index contributed by atoms with van der Waals surface area (Å²) in [7, 11) is 0. The molecule has 1 rings (SSSR count). The molecule has 1 N–H and O–H groups in total. The smallest absolute Gasteiger partial charge is 0.130 e. The first kappa shape index (κ1) is 13.5. The number of ether oxygens (including phenoxy) is 1. The minimum atomic E-state index is -0.235. The number of nitrogens with one attached hydrogen (secondary N) is 1. The van der Waals surface area contributed by atoms with E-state index >= 15 is 0 Å². The third-order valence-corrected chi connectivity index (χ3v) is 2.54. The summed E-state index contributed by atoms with van der Waals surface area (Å²) < 4.78 is 5.57. The summed E-state index contributed by atoms with van der Waals surface area (Å²) in [6, 6.07) is 9.96. The van der Waals surface area contributed by atoms with Crippen LogP contribution in [0.4, 0.5) is 0 Å². The Morgan fingerprint density at radius 2 is 2.00 bits per heavy atom. The summed E-state index contributed by atoms with van der Waals surface area (Å²) in [6.07, 6.45) is 2.04. The predicted molar refractivity (Wildman–Crippen MR) is 69.0 cm³/mol. The van der Waals surface area contributed by atoms with Gasteiger partial charge in [-0.3, -0.25) is 5.32 Å². The van der Waals surface area contributed by atoms with Crippen molar-refractivity contribution in [3.63, 3.8) is 0 Å². The molecule has 0 aromatic heterocycles. The van der Waals surface area contributed by atoms with Crippen LogP contribution in [0.2, 0.25) is 0 Å². The Labute approximate surface area is 103 Å². The first-order valence-electron chi connectivity index (χ1n) is 6.14. The van der Waals surface area contributed by atoms with Crippen LogP contribution >= 0.6 is 0 Å². The van der Waals surface area contributed by atoms with Crippen LogP contribution in [0.25, 0.3) is 0 Å². The van der Waals surface area contributed by atoms with E-state index in [0.29, 0.717) is 6.61 Å². The van der Waals surface area contributed by atoms with Gasteiger partial charge in [0.25, 0.3) is 0 Å². The van der Waals surface area contributed by atoms with Crippen LogP contribution in [0.1, 0.15) is 25.8 Å². The number of aryl methyl sites for hydroxylation is 1. The third kappa shape index (κ3) is 4.88. The molecule has 0 bridgehead atoms. The van der Waals surface area contributed by atoms with E-state index in [9.17, 15) is 0 Å². The first-order chi connectivity index (χ1) is 8.30. The van der Waals surface area contributed by atoms with Gasteiger partial charge in [-0.25, -0.2) is 0 Å². The molecule has 0 radical (unpaired) electrons. The topological polar surface area (TPSA) is 45.0 Å². The molecule has 3 heteroatoms. The molecule has 1 aromatic carbocycles. The van der Waals surface area contributed by atoms with Crippen LogP contribution in [0.15, 0.2) is 24.3 Å². The Balaban J connectivity index is 2.40. The highest BCUT2D eigenvalue weighted by molar-refractivity contribution is 5.27. The van der Waals surface area contributed by atoms with Gasteiger partial charge in [0.05, 0.1) is 6.07 Å². The molecule has 0 spiro atoms. The van der Waals surface area contributed by atoms with E-state index in [-0.39, 0.29) is 6.04 Å². The van der Waals surface area contributed by atoms with Gasteiger partial charge in [-0.05, 0) is 37.1 Å². The van der Waals surface area contributed by atoms with Gasteiger partial charge in [-0.15, -0.1) is 0 Å². The second-order valence-electron chi connectivity index (χ2n) is 3.94. The lowest BCUT2D eigenvalue weighted by Crippen LogP contribution is -2.33. The van der Waals surface area contributed by atoms with E-state index in [1.165, 1.54) is 5.56 Å². The lowest BCUT2D eigenvalue weighted by molar-refractivity contribution is 0.289. The Morgan fingerprint density at radius 1 is 1.29 bits per heavy atom. The van der Waals surface area contributed by atoms with Crippen molar-refractivity contribution < 1.29 is 4.74 Å². The number of hydrogen-bond acceptors (Lipinski definition) is 3. The van der Waals surface area contributed by atoms with Crippen molar-refractivity contribution in [2.45, 2.75) is 32.7 Å². The second-order valence-corrected chi connectivity index (χ2v) is 3.94. The molecule has 0 aliphatic heterocycles. The van der Waals surface area contributed by atoms with Crippen LogP contribution < -0.4 is 10.1 Å². The largest absolute Gasteiger partial charge is 0.491 e. The normalized spacial score (nSPS) is 11.8. The number of hydrogen-bond donors (Lipinski definition) is 1. The molecular formula is C14H20N2O. The maximum absolute atomic E-state index is 8.92. The van der Waals surface area contributed by atoms with Crippen molar-refractivity contribution in [3.8, 4) is 11.8 Å². The van der Waals surface area contributed by atoms with E-state index < -0.39 is 0 Å². The monoisotopic (exact) mass is 232 g/mol. The number of nitrogens with zero attached hydrogens (tertiary/aromatic N) is 1. The van der Waals surface area contributed by atoms with Crippen LogP contribution in [0, 0.1) is 11.3 Å². The summed E-state index contributed by atoms with van der Waals surface area (Å²) >= 11 is 0. The number of benzene rings is 1. The van der Waals surface area contributed by atoms with Crippen molar-refractivity contribution in [2.75, 3.05) is 13.2 Å². The molecule has 0 saturated carbocycles. The second kappa shape index (κ2) is 7.70. The Kier molecular flexibility index (Phi) is 6.13. The number of rotatable bonds is 7. The van der Waals surface area contributed by atoms with Crippen LogP contribution in [-0.2, 0) is 6.42 Å². The molecule has 1 aromatic rings. The standard InChI is InChI=1S/C14H20N2O/c1-3-9-16-13(10-15)11-17-14-7-5-12(4-2)6-8-14/h5-8,13,16H,3-4,9,11H2,1-2H3. The SMILES string of the molecule is CCCNC(C#N)COc1ccc(CC)cc1. The molecule has 0 saturated heterocycles. The van der Waals surface area contributed by atoms with Crippen molar-refractivity contribution >= 4 is 0 Å². The Morgan fingerprint density at radius 3 is 2.53 bits per heavy atom. The van der Waals surface area contributed by atoms with Gasteiger partial charge >= 0.3 is 0 Å². The molecule has 0 aliphatic rings. The van der Waals surface area contributed by atoms with Gasteiger partial charge in [0, 0.05) is 0 Å². The van der Waals surface area contributed by atoms with Crippen LogP contribution in [0.5, 0.6) is 5.75 Å². The van der Waals surface area contributed by atoms with Gasteiger partial charge < -0.3 is 4.74 Å². The fourth-order valence-electron chi connectivity index (χ4n) is 1.46. The molecule has 92 valence electrons. The van der Waals surface area contributed by atoms with Gasteiger partial charge in [0.2, 0.25) is 0 Å². The highest BCUT2D eigenvalue weighted by atomic mass is 16.5. The molecule has 0 fully saturated rings. The average Bonchev–Trinajstić information content (AvgIpc) is 2.39. The maximum Gasteiger partial charge on any atom is 0.130 e. The Hall–Kier alpha value is -1.53. The summed E-state index contributed by atoms with van der Waals surface area (Å²) in [6.45, 7) is 5.43. The fraction of sp³-hybridized carbons (Fsp3) is 0.500. The maximum atomic E-state index is 8.92. The predicted octanol–water partition coefficient (Wildman–Crippen LogP) is 2.52. The molecule has 3 nitrogen and oxygen atoms in total. The zero-order chi connectivity index (χ0) is 12.5. The molecule has 1 unspecified atom stereocenters. The van der Waals surface area contributed by atoms with Crippen molar-refractivity contribution in [1.29, 1.82) is 5.26 Å². The average molecular weight is 232 g/mol. The highest BCUT2D eigenvalue weighted by Gasteiger charge is 2.06. The zero-order valence-corrected chi connectivity index (χ0v) is 10.6. The van der Waals surface area contributed by atoms with Gasteiger partial charge in [0.15, 0.2) is 0 Å². The van der Waals surface area contributed by atoms with E-state index in [1.54, 1.807) is 0 Å². The van der Waals surface area contributed by atoms with E-state index in [1.807, 2.05) is 12.1 Å². The zero-order valence-electron chi connectivity index (χ0n) is 10.6. The lowest BCUT2D eigenvalue weighted by Gasteiger charge is -2.12. The van der Waals surface area contributed by atoms with E-state index in [4.69, 9.17) is 10.00 Å². The Bertz CT molecular complexity index is 353. The van der Waals surface area contributed by atoms with Crippen LogP contribution in [0.3, 0.4) is 0 Å².